The molecule has 0 aromatic heterocycles. The molecule has 0 unspecified atom stereocenters. The molecule has 0 aliphatic rings. The average molecular weight is 204 g/mol. The van der Waals surface area contributed by atoms with Gasteiger partial charge in [0.15, 0.2) is 0 Å². The van der Waals surface area contributed by atoms with E-state index in [0.29, 0.717) is 6.42 Å². The second-order valence-electron chi connectivity index (χ2n) is 3.43. The highest BCUT2D eigenvalue weighted by atomic mass is 16.4. The summed E-state index contributed by atoms with van der Waals surface area (Å²) in [7, 11) is 0. The number of hydrogen-bond donors (Lipinski definition) is 1. The minimum absolute atomic E-state index is 0.193. The molecule has 0 aliphatic heterocycles. The maximum Gasteiger partial charge on any atom is 0.303 e. The highest BCUT2D eigenvalue weighted by Gasteiger charge is 1.98. The Labute approximate surface area is 89.6 Å². The van der Waals surface area contributed by atoms with Crippen molar-refractivity contribution in [3.63, 3.8) is 0 Å². The van der Waals surface area contributed by atoms with Crippen molar-refractivity contribution in [3.8, 4) is 0 Å². The summed E-state index contributed by atoms with van der Waals surface area (Å²) >= 11 is 0. The fourth-order valence-electron chi connectivity index (χ4n) is 1.54. The molecule has 0 atom stereocenters. The maximum atomic E-state index is 10.4. The van der Waals surface area contributed by atoms with Crippen LogP contribution >= 0.6 is 0 Å². The van der Waals surface area contributed by atoms with E-state index < -0.39 is 5.97 Å². The van der Waals surface area contributed by atoms with Crippen molar-refractivity contribution in [2.75, 3.05) is 0 Å². The van der Waals surface area contributed by atoms with Gasteiger partial charge in [-0.3, -0.25) is 4.79 Å². The van der Waals surface area contributed by atoms with Crippen LogP contribution in [0.1, 0.15) is 25.8 Å². The Kier molecular flexibility index (Phi) is 4.10. The third-order valence-electron chi connectivity index (χ3n) is 2.40. The summed E-state index contributed by atoms with van der Waals surface area (Å²) in [6.45, 7) is 3.99. The van der Waals surface area contributed by atoms with Gasteiger partial charge in [0.05, 0.1) is 0 Å². The molecule has 0 bridgehead atoms. The summed E-state index contributed by atoms with van der Waals surface area (Å²) in [5.41, 5.74) is 1.08. The van der Waals surface area contributed by atoms with Gasteiger partial charge in [0.1, 0.15) is 0 Å². The van der Waals surface area contributed by atoms with Crippen molar-refractivity contribution in [3.05, 3.63) is 34.2 Å². The number of aliphatic carboxylic acids is 1. The van der Waals surface area contributed by atoms with Gasteiger partial charge in [-0.1, -0.05) is 30.4 Å². The molecule has 0 radical (unpaired) electrons. The zero-order valence-electron chi connectivity index (χ0n) is 9.16. The largest absolute Gasteiger partial charge is 0.481 e. The van der Waals surface area contributed by atoms with Crippen LogP contribution in [0.4, 0.5) is 0 Å². The van der Waals surface area contributed by atoms with E-state index in [1.807, 2.05) is 32.1 Å². The van der Waals surface area contributed by atoms with Crippen LogP contribution in [-0.2, 0) is 11.2 Å². The Morgan fingerprint density at radius 1 is 1.27 bits per heavy atom. The van der Waals surface area contributed by atoms with E-state index in [1.165, 1.54) is 10.4 Å². The Morgan fingerprint density at radius 3 is 2.47 bits per heavy atom. The van der Waals surface area contributed by atoms with Crippen molar-refractivity contribution in [2.24, 2.45) is 0 Å². The van der Waals surface area contributed by atoms with Crippen LogP contribution < -0.4 is 10.4 Å². The molecule has 0 fully saturated rings. The van der Waals surface area contributed by atoms with E-state index in [0.717, 1.165) is 5.56 Å². The molecule has 0 saturated carbocycles. The predicted molar refractivity (Wildman–Crippen MR) is 61.9 cm³/mol. The minimum atomic E-state index is -0.747. The summed E-state index contributed by atoms with van der Waals surface area (Å²) < 4.78 is 0. The molecule has 1 aromatic carbocycles. The first-order valence-corrected chi connectivity index (χ1v) is 5.10. The lowest BCUT2D eigenvalue weighted by molar-refractivity contribution is -0.136. The number of benzene rings is 1. The molecule has 0 amide bonds. The van der Waals surface area contributed by atoms with Gasteiger partial charge in [0.2, 0.25) is 0 Å². The second kappa shape index (κ2) is 5.35. The molecular formula is C13H16O2. The normalized spacial score (nSPS) is 13.2. The standard InChI is InChI=1S/C13H16O2/c1-3-11-7-5-10(6-8-13(14)15)9-12(11)4-2/h3-5,7,9H,6,8H2,1-2H3,(H,14,15)/b11-3-,12-4-. The van der Waals surface area contributed by atoms with Crippen LogP contribution in [0.3, 0.4) is 0 Å². The number of carbonyl (C=O) groups is 1. The lowest BCUT2D eigenvalue weighted by atomic mass is 10.1. The van der Waals surface area contributed by atoms with Crippen LogP contribution in [0.25, 0.3) is 12.2 Å². The predicted octanol–water partition coefficient (Wildman–Crippen LogP) is 1.30. The van der Waals surface area contributed by atoms with Crippen molar-refractivity contribution < 1.29 is 9.90 Å². The highest BCUT2D eigenvalue weighted by molar-refractivity contribution is 5.67. The summed E-state index contributed by atoms with van der Waals surface area (Å²) in [4.78, 5) is 10.4. The summed E-state index contributed by atoms with van der Waals surface area (Å²) in [5, 5.41) is 10.9. The van der Waals surface area contributed by atoms with Crippen LogP contribution in [0.2, 0.25) is 0 Å². The van der Waals surface area contributed by atoms with E-state index in [2.05, 4.69) is 12.1 Å². The topological polar surface area (TPSA) is 37.3 Å². The molecule has 2 nitrogen and oxygen atoms in total. The van der Waals surface area contributed by atoms with E-state index in [4.69, 9.17) is 5.11 Å². The van der Waals surface area contributed by atoms with Crippen LogP contribution in [0.15, 0.2) is 18.2 Å². The summed E-state index contributed by atoms with van der Waals surface area (Å²) in [5.74, 6) is -0.747. The van der Waals surface area contributed by atoms with Crippen LogP contribution in [0, 0.1) is 0 Å². The fraction of sp³-hybridized carbons (Fsp3) is 0.308. The highest BCUT2D eigenvalue weighted by Crippen LogP contribution is 1.98. The second-order valence-corrected chi connectivity index (χ2v) is 3.43. The van der Waals surface area contributed by atoms with E-state index >= 15 is 0 Å². The van der Waals surface area contributed by atoms with Gasteiger partial charge in [-0.15, -0.1) is 0 Å². The number of carboxylic acid groups (broad SMARTS) is 1. The maximum absolute atomic E-state index is 10.4. The quantitative estimate of drug-likeness (QED) is 0.806. The van der Waals surface area contributed by atoms with Gasteiger partial charge in [-0.2, -0.15) is 0 Å². The van der Waals surface area contributed by atoms with Crippen molar-refractivity contribution >= 4 is 18.1 Å². The number of hydrogen-bond acceptors (Lipinski definition) is 1. The van der Waals surface area contributed by atoms with Crippen molar-refractivity contribution in [1.82, 2.24) is 0 Å². The lowest BCUT2D eigenvalue weighted by Gasteiger charge is -1.99. The number of aryl methyl sites for hydroxylation is 1. The van der Waals surface area contributed by atoms with Gasteiger partial charge in [-0.05, 0) is 36.3 Å². The lowest BCUT2D eigenvalue weighted by Crippen LogP contribution is -2.24. The Balaban J connectivity index is 3.00. The molecular weight excluding hydrogens is 188 g/mol. The van der Waals surface area contributed by atoms with Gasteiger partial charge >= 0.3 is 5.97 Å². The first kappa shape index (κ1) is 11.5. The molecule has 1 rings (SSSR count). The van der Waals surface area contributed by atoms with Crippen molar-refractivity contribution in [1.29, 1.82) is 0 Å². The third kappa shape index (κ3) is 3.24. The van der Waals surface area contributed by atoms with Gasteiger partial charge in [-0.25, -0.2) is 0 Å². The molecule has 0 heterocycles. The Bertz CT molecular complexity index is 458. The first-order chi connectivity index (χ1) is 7.17. The van der Waals surface area contributed by atoms with Crippen LogP contribution in [-0.4, -0.2) is 11.1 Å². The summed E-state index contributed by atoms with van der Waals surface area (Å²) in [6.07, 6.45) is 4.88. The van der Waals surface area contributed by atoms with E-state index in [9.17, 15) is 4.79 Å². The number of carboxylic acids is 1. The zero-order chi connectivity index (χ0) is 11.3. The van der Waals surface area contributed by atoms with Gasteiger partial charge < -0.3 is 5.11 Å². The molecule has 0 spiro atoms. The Morgan fingerprint density at radius 2 is 1.93 bits per heavy atom. The molecule has 1 N–H and O–H groups in total. The Hall–Kier alpha value is -1.57. The van der Waals surface area contributed by atoms with Crippen LogP contribution in [0.5, 0.6) is 0 Å². The van der Waals surface area contributed by atoms with E-state index in [1.54, 1.807) is 0 Å². The fourth-order valence-corrected chi connectivity index (χ4v) is 1.54. The zero-order valence-corrected chi connectivity index (χ0v) is 9.16. The smallest absolute Gasteiger partial charge is 0.303 e. The monoisotopic (exact) mass is 204 g/mol. The minimum Gasteiger partial charge on any atom is -0.481 e. The van der Waals surface area contributed by atoms with Gasteiger partial charge in [0.25, 0.3) is 0 Å². The molecule has 15 heavy (non-hydrogen) atoms. The SMILES string of the molecule is C/C=c1/ccc(CCC(=O)O)c/c1=C/C. The molecule has 0 aliphatic carbocycles. The molecule has 80 valence electrons. The number of rotatable bonds is 3. The molecule has 2 heteroatoms. The van der Waals surface area contributed by atoms with Gasteiger partial charge in [0, 0.05) is 6.42 Å². The van der Waals surface area contributed by atoms with E-state index in [-0.39, 0.29) is 6.42 Å². The first-order valence-electron chi connectivity index (χ1n) is 5.10. The average Bonchev–Trinajstić information content (AvgIpc) is 2.25. The summed E-state index contributed by atoms with van der Waals surface area (Å²) in [6, 6.07) is 6.08. The molecule has 0 saturated heterocycles. The van der Waals surface area contributed by atoms with Crippen molar-refractivity contribution in [2.45, 2.75) is 26.7 Å². The molecule has 1 aromatic rings. The third-order valence-corrected chi connectivity index (χ3v) is 2.40.